The summed E-state index contributed by atoms with van der Waals surface area (Å²) in [7, 11) is 5.30. The van der Waals surface area contributed by atoms with E-state index in [0.29, 0.717) is 5.75 Å². The Morgan fingerprint density at radius 3 is 2.17 bits per heavy atom. The van der Waals surface area contributed by atoms with Crippen molar-refractivity contribution in [1.29, 1.82) is 0 Å². The van der Waals surface area contributed by atoms with Gasteiger partial charge in [0.25, 0.3) is 0 Å². The summed E-state index contributed by atoms with van der Waals surface area (Å²) in [6.45, 7) is 5.65. The SMILES string of the molecule is C=COc1cc(OC)ccc1/C(=C\C)N(C)c1ccc(OC)cc1. The second kappa shape index (κ2) is 8.11. The largest absolute Gasteiger partial charge is 0.497 e. The van der Waals surface area contributed by atoms with Crippen LogP contribution in [0.3, 0.4) is 0 Å². The molecule has 0 saturated heterocycles. The highest BCUT2D eigenvalue weighted by Gasteiger charge is 2.15. The van der Waals surface area contributed by atoms with Gasteiger partial charge in [-0.1, -0.05) is 12.7 Å². The van der Waals surface area contributed by atoms with Gasteiger partial charge >= 0.3 is 0 Å². The zero-order valence-electron chi connectivity index (χ0n) is 14.6. The van der Waals surface area contributed by atoms with Crippen LogP contribution < -0.4 is 19.1 Å². The summed E-state index contributed by atoms with van der Waals surface area (Å²) in [6.07, 6.45) is 3.46. The van der Waals surface area contributed by atoms with Crippen molar-refractivity contribution < 1.29 is 14.2 Å². The predicted octanol–water partition coefficient (Wildman–Crippen LogP) is 4.72. The molecule has 2 rings (SSSR count). The number of rotatable bonds is 7. The zero-order chi connectivity index (χ0) is 17.5. The van der Waals surface area contributed by atoms with Crippen LogP contribution in [0.4, 0.5) is 5.69 Å². The lowest BCUT2D eigenvalue weighted by Gasteiger charge is -2.24. The number of allylic oxidation sites excluding steroid dienone is 1. The highest BCUT2D eigenvalue weighted by molar-refractivity contribution is 5.82. The Morgan fingerprint density at radius 2 is 1.62 bits per heavy atom. The van der Waals surface area contributed by atoms with Gasteiger partial charge in [-0.05, 0) is 43.3 Å². The number of methoxy groups -OCH3 is 2. The van der Waals surface area contributed by atoms with Crippen molar-refractivity contribution in [3.63, 3.8) is 0 Å². The first-order chi connectivity index (χ1) is 11.6. The minimum Gasteiger partial charge on any atom is -0.497 e. The quantitative estimate of drug-likeness (QED) is 0.689. The molecule has 0 aliphatic heterocycles. The van der Waals surface area contributed by atoms with Crippen LogP contribution in [0.15, 0.2) is 61.4 Å². The maximum Gasteiger partial charge on any atom is 0.139 e. The second-order valence-corrected chi connectivity index (χ2v) is 5.08. The topological polar surface area (TPSA) is 30.9 Å². The Hall–Kier alpha value is -2.88. The van der Waals surface area contributed by atoms with Gasteiger partial charge in [-0.15, -0.1) is 0 Å². The first-order valence-electron chi connectivity index (χ1n) is 7.64. The lowest BCUT2D eigenvalue weighted by molar-refractivity contribution is 0.408. The van der Waals surface area contributed by atoms with E-state index < -0.39 is 0 Å². The normalized spacial score (nSPS) is 10.9. The summed E-state index contributed by atoms with van der Waals surface area (Å²) < 4.78 is 16.1. The number of hydrogen-bond donors (Lipinski definition) is 0. The number of benzene rings is 2. The Labute approximate surface area is 143 Å². The third-order valence-corrected chi connectivity index (χ3v) is 3.77. The molecule has 0 aliphatic carbocycles. The maximum atomic E-state index is 5.58. The second-order valence-electron chi connectivity index (χ2n) is 5.08. The monoisotopic (exact) mass is 325 g/mol. The number of nitrogens with zero attached hydrogens (tertiary/aromatic N) is 1. The average molecular weight is 325 g/mol. The van der Waals surface area contributed by atoms with Crippen molar-refractivity contribution >= 4 is 11.4 Å². The lowest BCUT2D eigenvalue weighted by Crippen LogP contribution is -2.15. The fraction of sp³-hybridized carbons (Fsp3) is 0.200. The molecule has 0 unspecified atom stereocenters. The Kier molecular flexibility index (Phi) is 5.90. The molecule has 24 heavy (non-hydrogen) atoms. The molecule has 0 bridgehead atoms. The lowest BCUT2D eigenvalue weighted by atomic mass is 10.1. The Balaban J connectivity index is 2.41. The van der Waals surface area contributed by atoms with E-state index in [0.717, 1.165) is 28.4 Å². The summed E-state index contributed by atoms with van der Waals surface area (Å²) in [4.78, 5) is 2.09. The van der Waals surface area contributed by atoms with Gasteiger partial charge in [-0.2, -0.15) is 0 Å². The van der Waals surface area contributed by atoms with Gasteiger partial charge in [0.15, 0.2) is 0 Å². The molecule has 0 aromatic heterocycles. The highest BCUT2D eigenvalue weighted by Crippen LogP contribution is 2.34. The molecule has 0 saturated carbocycles. The molecule has 126 valence electrons. The van der Waals surface area contributed by atoms with Gasteiger partial charge in [0, 0.05) is 30.1 Å². The molecule has 4 heteroatoms. The molecule has 0 fully saturated rings. The van der Waals surface area contributed by atoms with Gasteiger partial charge in [0.05, 0.1) is 20.5 Å². The van der Waals surface area contributed by atoms with E-state index in [4.69, 9.17) is 14.2 Å². The molecule has 0 N–H and O–H groups in total. The summed E-state index contributed by atoms with van der Waals surface area (Å²) in [5.74, 6) is 2.25. The molecular formula is C20H23NO3. The first-order valence-corrected chi connectivity index (χ1v) is 7.64. The van der Waals surface area contributed by atoms with Crippen LogP contribution >= 0.6 is 0 Å². The van der Waals surface area contributed by atoms with E-state index in [2.05, 4.69) is 11.5 Å². The van der Waals surface area contributed by atoms with Crippen molar-refractivity contribution in [1.82, 2.24) is 0 Å². The number of hydrogen-bond acceptors (Lipinski definition) is 4. The van der Waals surface area contributed by atoms with Gasteiger partial charge in [0.2, 0.25) is 0 Å². The van der Waals surface area contributed by atoms with Crippen LogP contribution in [0.25, 0.3) is 5.70 Å². The van der Waals surface area contributed by atoms with Gasteiger partial charge in [0.1, 0.15) is 17.2 Å². The van der Waals surface area contributed by atoms with E-state index in [-0.39, 0.29) is 0 Å². The van der Waals surface area contributed by atoms with E-state index in [1.165, 1.54) is 6.26 Å². The van der Waals surface area contributed by atoms with E-state index in [9.17, 15) is 0 Å². The molecule has 0 heterocycles. The van der Waals surface area contributed by atoms with E-state index in [1.807, 2.05) is 62.5 Å². The van der Waals surface area contributed by atoms with Gasteiger partial charge < -0.3 is 19.1 Å². The smallest absolute Gasteiger partial charge is 0.139 e. The van der Waals surface area contributed by atoms with Crippen LogP contribution in [0.1, 0.15) is 12.5 Å². The van der Waals surface area contributed by atoms with E-state index >= 15 is 0 Å². The molecule has 0 aliphatic rings. The third-order valence-electron chi connectivity index (χ3n) is 3.77. The fourth-order valence-electron chi connectivity index (χ4n) is 2.50. The summed E-state index contributed by atoms with van der Waals surface area (Å²) >= 11 is 0. The first kappa shape index (κ1) is 17.5. The standard InChI is InChI=1S/C20H23NO3/c1-6-19(21(3)15-8-10-16(22-4)11-9-15)18-13-12-17(23-5)14-20(18)24-7-2/h6-14H,2H2,1,3-5H3/b19-6+. The number of ether oxygens (including phenoxy) is 3. The molecule has 0 spiro atoms. The van der Waals surface area contributed by atoms with Crippen LogP contribution in [0.2, 0.25) is 0 Å². The Bertz CT molecular complexity index is 720. The van der Waals surface area contributed by atoms with Crippen LogP contribution in [0.5, 0.6) is 17.2 Å². The van der Waals surface area contributed by atoms with Crippen molar-refractivity contribution in [3.05, 3.63) is 66.9 Å². The summed E-state index contributed by atoms with van der Waals surface area (Å²) in [6, 6.07) is 13.6. The maximum absolute atomic E-state index is 5.58. The van der Waals surface area contributed by atoms with Crippen LogP contribution in [0, 0.1) is 0 Å². The summed E-state index contributed by atoms with van der Waals surface area (Å²) in [5, 5.41) is 0. The Morgan fingerprint density at radius 1 is 1.00 bits per heavy atom. The van der Waals surface area contributed by atoms with Crippen molar-refractivity contribution in [2.24, 2.45) is 0 Å². The average Bonchev–Trinajstić information content (AvgIpc) is 2.63. The molecule has 0 radical (unpaired) electrons. The molecule has 2 aromatic rings. The van der Waals surface area contributed by atoms with E-state index in [1.54, 1.807) is 14.2 Å². The van der Waals surface area contributed by atoms with Crippen molar-refractivity contribution in [2.45, 2.75) is 6.92 Å². The predicted molar refractivity (Wildman–Crippen MR) is 98.9 cm³/mol. The fourth-order valence-corrected chi connectivity index (χ4v) is 2.50. The van der Waals surface area contributed by atoms with Gasteiger partial charge in [-0.3, -0.25) is 0 Å². The third kappa shape index (κ3) is 3.71. The van der Waals surface area contributed by atoms with Crippen LogP contribution in [-0.2, 0) is 0 Å². The molecule has 4 nitrogen and oxygen atoms in total. The van der Waals surface area contributed by atoms with Crippen molar-refractivity contribution in [2.75, 3.05) is 26.2 Å². The number of anilines is 1. The molecular weight excluding hydrogens is 302 g/mol. The van der Waals surface area contributed by atoms with Crippen molar-refractivity contribution in [3.8, 4) is 17.2 Å². The zero-order valence-corrected chi connectivity index (χ0v) is 14.6. The molecule has 0 amide bonds. The summed E-state index contributed by atoms with van der Waals surface area (Å²) in [5.41, 5.74) is 3.01. The molecule has 0 atom stereocenters. The van der Waals surface area contributed by atoms with Gasteiger partial charge in [-0.25, -0.2) is 0 Å². The minimum atomic E-state index is 0.692. The molecule has 2 aromatic carbocycles. The highest BCUT2D eigenvalue weighted by atomic mass is 16.5. The van der Waals surface area contributed by atoms with Crippen LogP contribution in [-0.4, -0.2) is 21.3 Å². The minimum absolute atomic E-state index is 0.692.